The lowest BCUT2D eigenvalue weighted by atomic mass is 10.0. The zero-order valence-electron chi connectivity index (χ0n) is 9.00. The van der Waals surface area contributed by atoms with Crippen LogP contribution in [0.15, 0.2) is 54.3 Å². The first kappa shape index (κ1) is 14.7. The molecular weight excluding hydrogens is 492 g/mol. The van der Waals surface area contributed by atoms with Gasteiger partial charge in [-0.2, -0.15) is 0 Å². The molecule has 0 saturated heterocycles. The highest BCUT2D eigenvalue weighted by atomic mass is 79.9. The average molecular weight is 500 g/mol. The number of aliphatic hydroxyl groups excluding tert-OH is 1. The summed E-state index contributed by atoms with van der Waals surface area (Å²) in [5, 5.41) is 10.5. The van der Waals surface area contributed by atoms with Crippen LogP contribution in [0.1, 0.15) is 17.2 Å². The molecule has 0 aliphatic carbocycles. The van der Waals surface area contributed by atoms with Gasteiger partial charge in [-0.1, -0.05) is 69.8 Å². The van der Waals surface area contributed by atoms with Crippen molar-refractivity contribution >= 4 is 63.7 Å². The van der Waals surface area contributed by atoms with Gasteiger partial charge < -0.3 is 5.11 Å². The van der Waals surface area contributed by atoms with E-state index in [0.29, 0.717) is 0 Å². The van der Waals surface area contributed by atoms with Crippen LogP contribution >= 0.6 is 63.7 Å². The number of hydrogen-bond acceptors (Lipinski definition) is 1. The molecule has 5 heteroatoms. The van der Waals surface area contributed by atoms with Crippen molar-refractivity contribution in [3.05, 3.63) is 65.4 Å². The Kier molecular flexibility index (Phi) is 5.06. The zero-order chi connectivity index (χ0) is 13.3. The van der Waals surface area contributed by atoms with Gasteiger partial charge in [0.25, 0.3) is 0 Å². The van der Waals surface area contributed by atoms with E-state index < -0.39 is 6.10 Å². The maximum atomic E-state index is 10.5. The number of aliphatic hydroxyl groups is 1. The first-order valence-corrected chi connectivity index (χ1v) is 8.24. The van der Waals surface area contributed by atoms with Gasteiger partial charge in [0.05, 0.1) is 0 Å². The van der Waals surface area contributed by atoms with Crippen LogP contribution in [0.3, 0.4) is 0 Å². The molecule has 2 aromatic carbocycles. The number of halogens is 4. The summed E-state index contributed by atoms with van der Waals surface area (Å²) >= 11 is 13.7. The summed E-state index contributed by atoms with van der Waals surface area (Å²) in [7, 11) is 0. The van der Waals surface area contributed by atoms with E-state index in [0.717, 1.165) is 29.0 Å². The lowest BCUT2D eigenvalue weighted by Crippen LogP contribution is -2.01. The standard InChI is InChI=1S/C13H8Br4O/c14-7-2-4-11(16)10(5-7)13(18)9-3-1-8(15)6-12(9)17/h1-6,13,18H. The molecule has 0 spiro atoms. The third kappa shape index (κ3) is 3.25. The van der Waals surface area contributed by atoms with Crippen LogP contribution in [0.25, 0.3) is 0 Å². The Morgan fingerprint density at radius 3 is 2.00 bits per heavy atom. The van der Waals surface area contributed by atoms with Crippen LogP contribution in [0.5, 0.6) is 0 Å². The summed E-state index contributed by atoms with van der Waals surface area (Å²) in [4.78, 5) is 0. The first-order valence-electron chi connectivity index (χ1n) is 5.07. The molecule has 0 aliphatic rings. The summed E-state index contributed by atoms with van der Waals surface area (Å²) < 4.78 is 3.66. The molecule has 0 heterocycles. The van der Waals surface area contributed by atoms with Crippen LogP contribution in [-0.2, 0) is 0 Å². The molecule has 0 bridgehead atoms. The summed E-state index contributed by atoms with van der Waals surface area (Å²) in [5.74, 6) is 0. The second-order valence-electron chi connectivity index (χ2n) is 3.73. The molecule has 18 heavy (non-hydrogen) atoms. The molecule has 1 unspecified atom stereocenters. The Labute approximate surface area is 139 Å². The molecule has 0 amide bonds. The van der Waals surface area contributed by atoms with E-state index in [2.05, 4.69) is 63.7 Å². The van der Waals surface area contributed by atoms with E-state index in [1.54, 1.807) is 0 Å². The number of rotatable bonds is 2. The summed E-state index contributed by atoms with van der Waals surface area (Å²) in [5.41, 5.74) is 1.66. The molecule has 0 radical (unpaired) electrons. The predicted molar refractivity (Wildman–Crippen MR) is 87.7 cm³/mol. The Hall–Kier alpha value is 0.320. The predicted octanol–water partition coefficient (Wildman–Crippen LogP) is 5.82. The van der Waals surface area contributed by atoms with Gasteiger partial charge in [0.1, 0.15) is 6.10 Å². The van der Waals surface area contributed by atoms with Crippen molar-refractivity contribution in [2.24, 2.45) is 0 Å². The molecule has 2 aromatic rings. The van der Waals surface area contributed by atoms with Gasteiger partial charge in [0, 0.05) is 23.5 Å². The maximum Gasteiger partial charge on any atom is 0.106 e. The molecule has 1 nitrogen and oxygen atoms in total. The van der Waals surface area contributed by atoms with Gasteiger partial charge >= 0.3 is 0 Å². The minimum Gasteiger partial charge on any atom is -0.384 e. The molecule has 0 fully saturated rings. The summed E-state index contributed by atoms with van der Waals surface area (Å²) in [6.07, 6.45) is -0.681. The highest BCUT2D eigenvalue weighted by molar-refractivity contribution is 9.11. The Balaban J connectivity index is 2.47. The smallest absolute Gasteiger partial charge is 0.106 e. The second-order valence-corrected chi connectivity index (χ2v) is 7.27. The highest BCUT2D eigenvalue weighted by Gasteiger charge is 2.16. The molecule has 94 valence electrons. The van der Waals surface area contributed by atoms with Gasteiger partial charge in [0.2, 0.25) is 0 Å². The zero-order valence-corrected chi connectivity index (χ0v) is 15.3. The monoisotopic (exact) mass is 496 g/mol. The van der Waals surface area contributed by atoms with Gasteiger partial charge in [0.15, 0.2) is 0 Å². The van der Waals surface area contributed by atoms with Crippen molar-refractivity contribution in [3.63, 3.8) is 0 Å². The molecule has 2 rings (SSSR count). The van der Waals surface area contributed by atoms with Crippen LogP contribution < -0.4 is 0 Å². The third-order valence-electron chi connectivity index (χ3n) is 2.51. The summed E-state index contributed by atoms with van der Waals surface area (Å²) in [6.45, 7) is 0. The highest BCUT2D eigenvalue weighted by Crippen LogP contribution is 2.35. The molecule has 0 aromatic heterocycles. The first-order chi connectivity index (χ1) is 8.49. The molecule has 1 N–H and O–H groups in total. The Morgan fingerprint density at radius 1 is 0.722 bits per heavy atom. The van der Waals surface area contributed by atoms with Crippen molar-refractivity contribution in [1.82, 2.24) is 0 Å². The van der Waals surface area contributed by atoms with Crippen LogP contribution in [0.4, 0.5) is 0 Å². The second kappa shape index (κ2) is 6.18. The number of hydrogen-bond donors (Lipinski definition) is 1. The quantitative estimate of drug-likeness (QED) is 0.552. The van der Waals surface area contributed by atoms with E-state index in [1.165, 1.54) is 0 Å². The minimum absolute atomic E-state index is 0.681. The largest absolute Gasteiger partial charge is 0.384 e. The fraction of sp³-hybridized carbons (Fsp3) is 0.0769. The van der Waals surface area contributed by atoms with E-state index in [4.69, 9.17) is 0 Å². The molecular formula is C13H8Br4O. The molecule has 0 saturated carbocycles. The Bertz CT molecular complexity index is 583. The van der Waals surface area contributed by atoms with Crippen LogP contribution in [-0.4, -0.2) is 5.11 Å². The minimum atomic E-state index is -0.681. The number of benzene rings is 2. The fourth-order valence-corrected chi connectivity index (χ4v) is 3.72. The van der Waals surface area contributed by atoms with E-state index in [-0.39, 0.29) is 0 Å². The van der Waals surface area contributed by atoms with E-state index in [1.807, 2.05) is 36.4 Å². The van der Waals surface area contributed by atoms with Crippen molar-refractivity contribution < 1.29 is 5.11 Å². The molecule has 0 aliphatic heterocycles. The average Bonchev–Trinajstić information content (AvgIpc) is 2.31. The maximum absolute atomic E-state index is 10.5. The van der Waals surface area contributed by atoms with Crippen molar-refractivity contribution in [2.75, 3.05) is 0 Å². The van der Waals surface area contributed by atoms with Gasteiger partial charge in [-0.05, 0) is 35.9 Å². The topological polar surface area (TPSA) is 20.2 Å². The normalized spacial score (nSPS) is 12.5. The van der Waals surface area contributed by atoms with Crippen LogP contribution in [0, 0.1) is 0 Å². The van der Waals surface area contributed by atoms with E-state index in [9.17, 15) is 5.11 Å². The summed E-state index contributed by atoms with van der Waals surface area (Å²) in [6, 6.07) is 11.5. The lowest BCUT2D eigenvalue weighted by molar-refractivity contribution is 0.218. The van der Waals surface area contributed by atoms with E-state index >= 15 is 0 Å². The van der Waals surface area contributed by atoms with Crippen molar-refractivity contribution in [1.29, 1.82) is 0 Å². The SMILES string of the molecule is OC(c1ccc(Br)cc1Br)c1cc(Br)ccc1Br. The fourth-order valence-electron chi connectivity index (χ4n) is 1.61. The third-order valence-corrected chi connectivity index (χ3v) is 4.91. The lowest BCUT2D eigenvalue weighted by Gasteiger charge is -2.15. The Morgan fingerprint density at radius 2 is 1.33 bits per heavy atom. The van der Waals surface area contributed by atoms with Crippen LogP contribution in [0.2, 0.25) is 0 Å². The van der Waals surface area contributed by atoms with Crippen molar-refractivity contribution in [3.8, 4) is 0 Å². The van der Waals surface area contributed by atoms with Gasteiger partial charge in [-0.25, -0.2) is 0 Å². The van der Waals surface area contributed by atoms with Gasteiger partial charge in [-0.15, -0.1) is 0 Å². The molecule has 1 atom stereocenters. The van der Waals surface area contributed by atoms with Gasteiger partial charge in [-0.3, -0.25) is 0 Å². The van der Waals surface area contributed by atoms with Crippen molar-refractivity contribution in [2.45, 2.75) is 6.10 Å².